The minimum absolute atomic E-state index is 0.0611. The molecular formula is C21H21F3N2O6. The van der Waals surface area contributed by atoms with Crippen LogP contribution in [0.2, 0.25) is 0 Å². The number of aromatic nitrogens is 1. The van der Waals surface area contributed by atoms with Gasteiger partial charge < -0.3 is 19.9 Å². The van der Waals surface area contributed by atoms with E-state index in [2.05, 4.69) is 5.32 Å². The smallest absolute Gasteiger partial charge is 0.416 e. The highest BCUT2D eigenvalue weighted by molar-refractivity contribution is 5.98. The maximum Gasteiger partial charge on any atom is 0.416 e. The molecule has 11 heteroatoms. The number of pyridine rings is 1. The number of hydrogen-bond donors (Lipinski definition) is 2. The topological polar surface area (TPSA) is 107 Å². The maximum absolute atomic E-state index is 13.1. The average Bonchev–Trinajstić information content (AvgIpc) is 3.14. The number of carbonyl (C=O) groups is 2. The van der Waals surface area contributed by atoms with E-state index < -0.39 is 52.6 Å². The lowest BCUT2D eigenvalue weighted by Gasteiger charge is -2.20. The van der Waals surface area contributed by atoms with Crippen molar-refractivity contribution in [3.63, 3.8) is 0 Å². The van der Waals surface area contributed by atoms with Crippen molar-refractivity contribution in [3.8, 4) is 11.4 Å². The van der Waals surface area contributed by atoms with Gasteiger partial charge in [-0.2, -0.15) is 13.2 Å². The standard InChI is InChI=1S/C21H21F3N2O6/c1-20(2,3)32-15(27)8-25-18(29)16-17(28)13-9-31-10-14(13)26(19(16)30)12-6-4-11(5-7-12)21(22,23)24/h4-7,28H,8-10H2,1-3H3,(H,25,29). The van der Waals surface area contributed by atoms with Gasteiger partial charge in [-0.25, -0.2) is 0 Å². The molecule has 0 unspecified atom stereocenters. The number of ether oxygens (including phenoxy) is 2. The van der Waals surface area contributed by atoms with Crippen LogP contribution < -0.4 is 10.9 Å². The van der Waals surface area contributed by atoms with E-state index in [1.807, 2.05) is 0 Å². The summed E-state index contributed by atoms with van der Waals surface area (Å²) in [4.78, 5) is 37.6. The zero-order valence-corrected chi connectivity index (χ0v) is 17.5. The van der Waals surface area contributed by atoms with E-state index in [0.717, 1.165) is 28.8 Å². The molecule has 8 nitrogen and oxygen atoms in total. The average molecular weight is 454 g/mol. The number of nitrogens with one attached hydrogen (secondary N) is 1. The molecular weight excluding hydrogens is 433 g/mol. The van der Waals surface area contributed by atoms with Gasteiger partial charge in [0.15, 0.2) is 0 Å². The van der Waals surface area contributed by atoms with Crippen LogP contribution in [0.4, 0.5) is 13.2 Å². The van der Waals surface area contributed by atoms with Gasteiger partial charge in [-0.15, -0.1) is 0 Å². The van der Waals surface area contributed by atoms with Crippen molar-refractivity contribution in [2.24, 2.45) is 0 Å². The SMILES string of the molecule is CC(C)(C)OC(=O)CNC(=O)c1c(O)c2c(n(-c3ccc(C(F)(F)F)cc3)c1=O)COC2. The quantitative estimate of drug-likeness (QED) is 0.688. The Morgan fingerprint density at radius 1 is 1.16 bits per heavy atom. The molecule has 0 spiro atoms. The van der Waals surface area contributed by atoms with E-state index in [-0.39, 0.29) is 30.2 Å². The van der Waals surface area contributed by atoms with E-state index in [0.29, 0.717) is 0 Å². The van der Waals surface area contributed by atoms with Crippen LogP contribution in [0.3, 0.4) is 0 Å². The highest BCUT2D eigenvalue weighted by Gasteiger charge is 2.32. The Labute approximate surface area is 180 Å². The highest BCUT2D eigenvalue weighted by Crippen LogP contribution is 2.33. The molecule has 1 aliphatic rings. The van der Waals surface area contributed by atoms with Gasteiger partial charge in [0.1, 0.15) is 23.5 Å². The summed E-state index contributed by atoms with van der Waals surface area (Å²) >= 11 is 0. The van der Waals surface area contributed by atoms with E-state index in [9.17, 15) is 32.7 Å². The van der Waals surface area contributed by atoms with Crippen LogP contribution >= 0.6 is 0 Å². The van der Waals surface area contributed by atoms with Crippen molar-refractivity contribution >= 4 is 11.9 Å². The molecule has 2 heterocycles. The number of halogens is 3. The highest BCUT2D eigenvalue weighted by atomic mass is 19.4. The lowest BCUT2D eigenvalue weighted by atomic mass is 10.1. The third-order valence-corrected chi connectivity index (χ3v) is 4.54. The summed E-state index contributed by atoms with van der Waals surface area (Å²) in [6, 6.07) is 3.78. The fourth-order valence-electron chi connectivity index (χ4n) is 3.21. The summed E-state index contributed by atoms with van der Waals surface area (Å²) < 4.78 is 50.0. The number of aromatic hydroxyl groups is 1. The minimum atomic E-state index is -4.56. The summed E-state index contributed by atoms with van der Waals surface area (Å²) in [5.74, 6) is -2.39. The van der Waals surface area contributed by atoms with Gasteiger partial charge in [0.2, 0.25) is 0 Å². The molecule has 2 N–H and O–H groups in total. The molecule has 0 saturated carbocycles. The molecule has 0 atom stereocenters. The van der Waals surface area contributed by atoms with E-state index >= 15 is 0 Å². The number of carbonyl (C=O) groups excluding carboxylic acids is 2. The molecule has 0 saturated heterocycles. The number of hydrogen-bond acceptors (Lipinski definition) is 6. The molecule has 3 rings (SSSR count). The van der Waals surface area contributed by atoms with Crippen molar-refractivity contribution in [1.29, 1.82) is 0 Å². The Balaban J connectivity index is 2.00. The first-order valence-corrected chi connectivity index (χ1v) is 9.54. The van der Waals surface area contributed by atoms with E-state index in [1.165, 1.54) is 0 Å². The number of esters is 1. The zero-order chi connectivity index (χ0) is 23.8. The second-order valence-electron chi connectivity index (χ2n) is 8.10. The first-order chi connectivity index (χ1) is 14.8. The van der Waals surface area contributed by atoms with Crippen molar-refractivity contribution < 1.29 is 37.3 Å². The van der Waals surface area contributed by atoms with Crippen LogP contribution in [-0.2, 0) is 33.7 Å². The molecule has 32 heavy (non-hydrogen) atoms. The van der Waals surface area contributed by atoms with Crippen molar-refractivity contribution in [2.75, 3.05) is 6.54 Å². The third-order valence-electron chi connectivity index (χ3n) is 4.54. The molecule has 2 aromatic rings. The molecule has 1 aromatic heterocycles. The third kappa shape index (κ3) is 4.77. The number of benzene rings is 1. The lowest BCUT2D eigenvalue weighted by Crippen LogP contribution is -2.38. The summed E-state index contributed by atoms with van der Waals surface area (Å²) in [6.07, 6.45) is -4.56. The van der Waals surface area contributed by atoms with Crippen molar-refractivity contribution in [2.45, 2.75) is 45.8 Å². The predicted molar refractivity (Wildman–Crippen MR) is 105 cm³/mol. The molecule has 0 bridgehead atoms. The Hall–Kier alpha value is -3.34. The van der Waals surface area contributed by atoms with Gasteiger partial charge in [0, 0.05) is 11.3 Å². The van der Waals surface area contributed by atoms with E-state index in [4.69, 9.17) is 9.47 Å². The van der Waals surface area contributed by atoms with Crippen LogP contribution in [0, 0.1) is 0 Å². The molecule has 0 fully saturated rings. The number of fused-ring (bicyclic) bond motifs is 1. The monoisotopic (exact) mass is 454 g/mol. The predicted octanol–water partition coefficient (Wildman–Crippen LogP) is 2.66. The summed E-state index contributed by atoms with van der Waals surface area (Å²) in [5, 5.41) is 12.7. The van der Waals surface area contributed by atoms with Crippen LogP contribution in [0.15, 0.2) is 29.1 Å². The fraction of sp³-hybridized carbons (Fsp3) is 0.381. The molecule has 0 radical (unpaired) electrons. The Kier molecular flexibility index (Phi) is 6.05. The van der Waals surface area contributed by atoms with Gasteiger partial charge in [-0.3, -0.25) is 19.0 Å². The number of rotatable bonds is 4. The summed E-state index contributed by atoms with van der Waals surface area (Å²) in [7, 11) is 0. The molecule has 1 aliphatic heterocycles. The maximum atomic E-state index is 13.1. The number of alkyl halides is 3. The van der Waals surface area contributed by atoms with Crippen LogP contribution in [0.1, 0.15) is 48.0 Å². The first-order valence-electron chi connectivity index (χ1n) is 9.54. The Morgan fingerprint density at radius 2 is 1.78 bits per heavy atom. The number of nitrogens with zero attached hydrogens (tertiary/aromatic N) is 1. The van der Waals surface area contributed by atoms with Gasteiger partial charge in [0.05, 0.1) is 24.5 Å². The summed E-state index contributed by atoms with van der Waals surface area (Å²) in [5.41, 5.74) is -2.87. The van der Waals surface area contributed by atoms with Crippen molar-refractivity contribution in [1.82, 2.24) is 9.88 Å². The van der Waals surface area contributed by atoms with Gasteiger partial charge >= 0.3 is 12.1 Å². The van der Waals surface area contributed by atoms with Crippen LogP contribution in [0.5, 0.6) is 5.75 Å². The first kappa shape index (κ1) is 23.3. The number of amides is 1. The molecule has 1 aromatic carbocycles. The Bertz CT molecular complexity index is 1110. The van der Waals surface area contributed by atoms with Gasteiger partial charge in [-0.1, -0.05) is 0 Å². The van der Waals surface area contributed by atoms with Gasteiger partial charge in [0.25, 0.3) is 11.5 Å². The van der Waals surface area contributed by atoms with E-state index in [1.54, 1.807) is 20.8 Å². The molecule has 1 amide bonds. The Morgan fingerprint density at radius 3 is 2.34 bits per heavy atom. The van der Waals surface area contributed by atoms with Gasteiger partial charge in [-0.05, 0) is 45.0 Å². The summed E-state index contributed by atoms with van der Waals surface area (Å²) in [6.45, 7) is 4.18. The molecule has 0 aliphatic carbocycles. The van der Waals surface area contributed by atoms with Crippen LogP contribution in [-0.4, -0.2) is 33.7 Å². The minimum Gasteiger partial charge on any atom is -0.506 e. The normalized spacial score (nSPS) is 13.6. The lowest BCUT2D eigenvalue weighted by molar-refractivity contribution is -0.153. The van der Waals surface area contributed by atoms with Crippen molar-refractivity contribution in [3.05, 3.63) is 57.0 Å². The van der Waals surface area contributed by atoms with Crippen LogP contribution in [0.25, 0.3) is 5.69 Å². The largest absolute Gasteiger partial charge is 0.506 e. The fourth-order valence-corrected chi connectivity index (χ4v) is 3.21. The zero-order valence-electron chi connectivity index (χ0n) is 17.5. The molecule has 172 valence electrons. The second kappa shape index (κ2) is 8.30. The second-order valence-corrected chi connectivity index (χ2v) is 8.10.